The average molecular weight is 614 g/mol. The maximum absolute atomic E-state index is 6.98. The number of ether oxygens (including phenoxy) is 1. The molecule has 5 aromatic carbocycles. The highest BCUT2D eigenvalue weighted by Gasteiger charge is 2.27. The first-order chi connectivity index (χ1) is 22.6. The fraction of sp³-hybridized carbons (Fsp3) is 0.186. The fourth-order valence-electron chi connectivity index (χ4n) is 6.87. The minimum absolute atomic E-state index is 0.0936. The van der Waals surface area contributed by atoms with Crippen molar-refractivity contribution < 1.29 is 4.74 Å². The van der Waals surface area contributed by atoms with Crippen molar-refractivity contribution >= 4 is 43.7 Å². The Morgan fingerprint density at radius 2 is 1.11 bits per heavy atom. The normalized spacial score (nSPS) is 12.5. The van der Waals surface area contributed by atoms with Gasteiger partial charge in [0.1, 0.15) is 5.60 Å². The number of hydrogen-bond donors (Lipinski definition) is 0. The van der Waals surface area contributed by atoms with Crippen LogP contribution in [0.1, 0.15) is 47.1 Å². The molecule has 3 aromatic heterocycles. The fourth-order valence-corrected chi connectivity index (χ4v) is 6.87. The predicted octanol–water partition coefficient (Wildman–Crippen LogP) is 11.4. The number of para-hydroxylation sites is 3. The van der Waals surface area contributed by atoms with E-state index in [9.17, 15) is 0 Å². The quantitative estimate of drug-likeness (QED) is 0.198. The molecular weight excluding hydrogens is 574 g/mol. The Labute approximate surface area is 275 Å². The van der Waals surface area contributed by atoms with Crippen LogP contribution in [0.3, 0.4) is 0 Å². The minimum atomic E-state index is -0.424. The van der Waals surface area contributed by atoms with Crippen LogP contribution in [0.4, 0.5) is 0 Å². The van der Waals surface area contributed by atoms with Crippen LogP contribution in [0.2, 0.25) is 0 Å². The molecule has 4 heteroatoms. The molecule has 0 bridgehead atoms. The van der Waals surface area contributed by atoms with Crippen molar-refractivity contribution in [2.24, 2.45) is 0 Å². The Morgan fingerprint density at radius 3 is 1.70 bits per heavy atom. The van der Waals surface area contributed by atoms with Gasteiger partial charge in [-0.2, -0.15) is 0 Å². The van der Waals surface area contributed by atoms with Crippen molar-refractivity contribution in [2.45, 2.75) is 52.6 Å². The Kier molecular flexibility index (Phi) is 6.56. The molecule has 3 heterocycles. The average Bonchev–Trinajstić information content (AvgIpc) is 3.57. The third-order valence-electron chi connectivity index (χ3n) is 9.03. The Balaban J connectivity index is 1.39. The second-order valence-electron chi connectivity index (χ2n) is 14.5. The van der Waals surface area contributed by atoms with Gasteiger partial charge in [0.05, 0.1) is 33.3 Å². The van der Waals surface area contributed by atoms with Crippen molar-refractivity contribution in [2.75, 3.05) is 0 Å². The number of rotatable bonds is 4. The summed E-state index contributed by atoms with van der Waals surface area (Å²) in [5.74, 6) is 0.863. The van der Waals surface area contributed by atoms with Gasteiger partial charge in [-0.3, -0.25) is 4.98 Å². The Morgan fingerprint density at radius 1 is 0.553 bits per heavy atom. The molecule has 0 saturated carbocycles. The number of nitrogens with zero attached hydrogens (tertiary/aromatic N) is 3. The van der Waals surface area contributed by atoms with Gasteiger partial charge in [-0.15, -0.1) is 0 Å². The highest BCUT2D eigenvalue weighted by molar-refractivity contribution is 6.09. The first-order valence-corrected chi connectivity index (χ1v) is 16.4. The van der Waals surface area contributed by atoms with E-state index in [2.05, 4.69) is 166 Å². The van der Waals surface area contributed by atoms with Gasteiger partial charge in [0, 0.05) is 33.6 Å². The molecule has 0 amide bonds. The van der Waals surface area contributed by atoms with Gasteiger partial charge < -0.3 is 13.9 Å². The topological polar surface area (TPSA) is 32.0 Å². The van der Waals surface area contributed by atoms with Crippen LogP contribution in [0.25, 0.3) is 66.2 Å². The predicted molar refractivity (Wildman–Crippen MR) is 197 cm³/mol. The van der Waals surface area contributed by atoms with E-state index < -0.39 is 5.60 Å². The van der Waals surface area contributed by atoms with Gasteiger partial charge in [0.15, 0.2) is 5.75 Å². The summed E-state index contributed by atoms with van der Waals surface area (Å²) in [4.78, 5) is 4.82. The van der Waals surface area contributed by atoms with Crippen LogP contribution >= 0.6 is 0 Å². The molecule has 0 fully saturated rings. The molecule has 0 aliphatic heterocycles. The molecule has 0 saturated heterocycles. The van der Waals surface area contributed by atoms with Crippen LogP contribution in [-0.4, -0.2) is 19.7 Å². The first-order valence-electron chi connectivity index (χ1n) is 16.4. The molecule has 8 aromatic rings. The second-order valence-corrected chi connectivity index (χ2v) is 14.5. The van der Waals surface area contributed by atoms with Crippen molar-refractivity contribution in [3.05, 3.63) is 133 Å². The van der Waals surface area contributed by atoms with Crippen molar-refractivity contribution in [1.82, 2.24) is 14.1 Å². The molecule has 0 spiro atoms. The number of hydrogen-bond acceptors (Lipinski definition) is 2. The third-order valence-corrected chi connectivity index (χ3v) is 9.03. The first kappa shape index (κ1) is 29.1. The van der Waals surface area contributed by atoms with Crippen molar-refractivity contribution in [1.29, 1.82) is 0 Å². The monoisotopic (exact) mass is 613 g/mol. The molecule has 47 heavy (non-hydrogen) atoms. The van der Waals surface area contributed by atoms with Gasteiger partial charge in [0.25, 0.3) is 0 Å². The lowest BCUT2D eigenvalue weighted by molar-refractivity contribution is 0.131. The van der Waals surface area contributed by atoms with E-state index in [0.29, 0.717) is 0 Å². The maximum atomic E-state index is 6.98. The second kappa shape index (κ2) is 10.6. The van der Waals surface area contributed by atoms with Crippen LogP contribution in [0.5, 0.6) is 5.75 Å². The van der Waals surface area contributed by atoms with Crippen LogP contribution < -0.4 is 4.74 Å². The third kappa shape index (κ3) is 4.87. The van der Waals surface area contributed by atoms with E-state index in [0.717, 1.165) is 50.2 Å². The van der Waals surface area contributed by atoms with Gasteiger partial charge in [-0.05, 0) is 91.9 Å². The van der Waals surface area contributed by atoms with E-state index in [1.807, 2.05) is 12.3 Å². The van der Waals surface area contributed by atoms with Gasteiger partial charge in [-0.25, -0.2) is 0 Å². The summed E-state index contributed by atoms with van der Waals surface area (Å²) in [5.41, 5.74) is 10.6. The molecule has 0 aliphatic carbocycles. The zero-order valence-electron chi connectivity index (χ0n) is 27.9. The molecule has 0 aliphatic rings. The highest BCUT2D eigenvalue weighted by Crippen LogP contribution is 2.44. The summed E-state index contributed by atoms with van der Waals surface area (Å²) >= 11 is 0. The maximum Gasteiger partial charge on any atom is 0.151 e. The van der Waals surface area contributed by atoms with E-state index in [1.165, 1.54) is 27.4 Å². The molecule has 0 radical (unpaired) electrons. The van der Waals surface area contributed by atoms with Gasteiger partial charge in [0.2, 0.25) is 0 Å². The zero-order valence-corrected chi connectivity index (χ0v) is 27.9. The summed E-state index contributed by atoms with van der Waals surface area (Å²) < 4.78 is 11.7. The van der Waals surface area contributed by atoms with Crippen LogP contribution in [0, 0.1) is 0 Å². The SMILES string of the molecule is CC(C)(C)Oc1c(-c2ccc(-n3c4ccccc4c4ccccc43)cc2)cc(C(C)(C)C)cc1-n1c2ccccc2c2ncccc21. The molecule has 232 valence electrons. The smallest absolute Gasteiger partial charge is 0.151 e. The Bertz CT molecular complexity index is 2340. The Hall–Kier alpha value is -5.35. The van der Waals surface area contributed by atoms with E-state index >= 15 is 0 Å². The van der Waals surface area contributed by atoms with Crippen molar-refractivity contribution in [3.63, 3.8) is 0 Å². The molecule has 0 N–H and O–H groups in total. The van der Waals surface area contributed by atoms with Crippen LogP contribution in [-0.2, 0) is 5.41 Å². The molecule has 4 nitrogen and oxygen atoms in total. The number of pyridine rings is 1. The summed E-state index contributed by atoms with van der Waals surface area (Å²) in [7, 11) is 0. The van der Waals surface area contributed by atoms with E-state index in [-0.39, 0.29) is 5.41 Å². The number of benzene rings is 5. The lowest BCUT2D eigenvalue weighted by Crippen LogP contribution is -2.25. The van der Waals surface area contributed by atoms with E-state index in [1.54, 1.807) is 0 Å². The standard InChI is InChI=1S/C43H39N3O/c1-42(2,3)29-26-34(28-21-23-30(24-22-28)45-35-17-10-7-14-31(35)32-15-8-11-18-36(32)45)41(47-43(4,5)6)39(27-29)46-37-19-12-9-16-33(37)40-38(46)20-13-25-44-40/h7-27H,1-6H3. The van der Waals surface area contributed by atoms with Crippen LogP contribution in [0.15, 0.2) is 128 Å². The zero-order chi connectivity index (χ0) is 32.5. The number of fused-ring (bicyclic) bond motifs is 6. The molecule has 0 unspecified atom stereocenters. The van der Waals surface area contributed by atoms with Gasteiger partial charge in [-0.1, -0.05) is 87.5 Å². The highest BCUT2D eigenvalue weighted by atomic mass is 16.5. The summed E-state index contributed by atoms with van der Waals surface area (Å²) in [6.07, 6.45) is 1.88. The summed E-state index contributed by atoms with van der Waals surface area (Å²) in [6, 6.07) is 43.6. The minimum Gasteiger partial charge on any atom is -0.485 e. The summed E-state index contributed by atoms with van der Waals surface area (Å²) in [6.45, 7) is 13.2. The molecule has 0 atom stereocenters. The van der Waals surface area contributed by atoms with E-state index in [4.69, 9.17) is 9.72 Å². The number of aromatic nitrogens is 3. The van der Waals surface area contributed by atoms with Gasteiger partial charge >= 0.3 is 0 Å². The largest absolute Gasteiger partial charge is 0.485 e. The summed E-state index contributed by atoms with van der Waals surface area (Å²) in [5, 5.41) is 3.65. The van der Waals surface area contributed by atoms with Crippen molar-refractivity contribution in [3.8, 4) is 28.3 Å². The lowest BCUT2D eigenvalue weighted by atomic mass is 9.84. The lowest BCUT2D eigenvalue weighted by Gasteiger charge is -2.29. The molecule has 8 rings (SSSR count). The molecular formula is C43H39N3O.